The molecule has 0 fully saturated rings. The van der Waals surface area contributed by atoms with E-state index in [0.29, 0.717) is 0 Å². The van der Waals surface area contributed by atoms with E-state index in [-0.39, 0.29) is 19.5 Å². The van der Waals surface area contributed by atoms with Crippen LogP contribution in [0.25, 0.3) is 0 Å². The average Bonchev–Trinajstić information content (AvgIpc) is 1.97. The molecule has 0 bridgehead atoms. The summed E-state index contributed by atoms with van der Waals surface area (Å²) in [5, 5.41) is 19.1. The minimum absolute atomic E-state index is 0.0825. The Balaban J connectivity index is 3.25. The molecule has 6 heteroatoms. The van der Waals surface area contributed by atoms with E-state index in [1.165, 1.54) is 0 Å². The molecule has 12 heavy (non-hydrogen) atoms. The molecule has 0 aliphatic rings. The number of halogens is 2. The minimum Gasteiger partial charge on any atom is -0.481 e. The molecule has 0 spiro atoms. The molecule has 0 heterocycles. The summed E-state index contributed by atoms with van der Waals surface area (Å²) in [7, 11) is 0. The van der Waals surface area contributed by atoms with Gasteiger partial charge in [0.25, 0.3) is 6.43 Å². The quantitative estimate of drug-likeness (QED) is 0.493. The summed E-state index contributed by atoms with van der Waals surface area (Å²) in [4.78, 5) is 9.93. The predicted octanol–water partition coefficient (Wildman–Crippen LogP) is -0.323. The van der Waals surface area contributed by atoms with Crippen molar-refractivity contribution in [1.29, 1.82) is 0 Å². The Bertz CT molecular complexity index is 143. The van der Waals surface area contributed by atoms with Crippen LogP contribution in [-0.4, -0.2) is 41.8 Å². The fraction of sp³-hybridized carbons (Fsp3) is 0.833. The number of rotatable bonds is 6. The zero-order chi connectivity index (χ0) is 9.56. The van der Waals surface area contributed by atoms with Gasteiger partial charge in [0.2, 0.25) is 0 Å². The highest BCUT2D eigenvalue weighted by Gasteiger charge is 2.15. The maximum absolute atomic E-state index is 11.6. The van der Waals surface area contributed by atoms with E-state index in [9.17, 15) is 13.6 Å². The molecule has 1 unspecified atom stereocenters. The van der Waals surface area contributed by atoms with E-state index in [4.69, 9.17) is 10.2 Å². The molecule has 0 saturated carbocycles. The Morgan fingerprint density at radius 1 is 1.50 bits per heavy atom. The molecule has 4 nitrogen and oxygen atoms in total. The summed E-state index contributed by atoms with van der Waals surface area (Å²) in [6.45, 7) is -0.204. The van der Waals surface area contributed by atoms with Crippen LogP contribution in [0.15, 0.2) is 0 Å². The molecule has 0 aromatic rings. The highest BCUT2D eigenvalue weighted by molar-refractivity contribution is 5.66. The predicted molar refractivity (Wildman–Crippen MR) is 37.1 cm³/mol. The zero-order valence-electron chi connectivity index (χ0n) is 6.33. The maximum Gasteiger partial charge on any atom is 0.304 e. The maximum atomic E-state index is 11.6. The van der Waals surface area contributed by atoms with Crippen LogP contribution in [0.1, 0.15) is 6.42 Å². The van der Waals surface area contributed by atoms with Gasteiger partial charge in [0.05, 0.1) is 6.42 Å². The zero-order valence-corrected chi connectivity index (χ0v) is 6.33. The van der Waals surface area contributed by atoms with Crippen LogP contribution in [-0.2, 0) is 4.79 Å². The van der Waals surface area contributed by atoms with Crippen molar-refractivity contribution in [1.82, 2.24) is 5.32 Å². The lowest BCUT2D eigenvalue weighted by Gasteiger charge is -2.09. The molecular weight excluding hydrogens is 172 g/mol. The normalized spacial score (nSPS) is 13.3. The van der Waals surface area contributed by atoms with Crippen molar-refractivity contribution < 1.29 is 23.8 Å². The summed E-state index contributed by atoms with van der Waals surface area (Å²) in [6, 6.07) is 0. The molecule has 0 amide bonds. The third kappa shape index (κ3) is 5.99. The van der Waals surface area contributed by atoms with Crippen LogP contribution >= 0.6 is 0 Å². The number of nitrogens with one attached hydrogen (secondary N) is 1. The number of aliphatic carboxylic acids is 1. The van der Waals surface area contributed by atoms with E-state index in [1.807, 2.05) is 0 Å². The second kappa shape index (κ2) is 5.84. The van der Waals surface area contributed by atoms with Crippen LogP contribution in [0.5, 0.6) is 0 Å². The van der Waals surface area contributed by atoms with Gasteiger partial charge in [-0.3, -0.25) is 4.79 Å². The summed E-state index contributed by atoms with van der Waals surface area (Å²) in [6.07, 6.45) is -4.66. The SMILES string of the molecule is O=C(O)CCNCC(O)C(F)F. The third-order valence-electron chi connectivity index (χ3n) is 1.16. The summed E-state index contributed by atoms with van der Waals surface area (Å²) >= 11 is 0. The Morgan fingerprint density at radius 2 is 2.08 bits per heavy atom. The van der Waals surface area contributed by atoms with Gasteiger partial charge in [-0.2, -0.15) is 0 Å². The van der Waals surface area contributed by atoms with E-state index in [2.05, 4.69) is 5.32 Å². The molecule has 0 saturated heterocycles. The first-order valence-corrected chi connectivity index (χ1v) is 3.42. The van der Waals surface area contributed by atoms with Gasteiger partial charge in [0, 0.05) is 13.1 Å². The smallest absolute Gasteiger partial charge is 0.304 e. The number of carboxylic acid groups (broad SMARTS) is 1. The third-order valence-corrected chi connectivity index (χ3v) is 1.16. The van der Waals surface area contributed by atoms with Crippen LogP contribution in [0.3, 0.4) is 0 Å². The Hall–Kier alpha value is -0.750. The van der Waals surface area contributed by atoms with E-state index in [0.717, 1.165) is 0 Å². The van der Waals surface area contributed by atoms with Crippen LogP contribution < -0.4 is 5.32 Å². The topological polar surface area (TPSA) is 69.6 Å². The fourth-order valence-electron chi connectivity index (χ4n) is 0.534. The Labute approximate surface area is 68.2 Å². The molecule has 0 aromatic carbocycles. The van der Waals surface area contributed by atoms with Gasteiger partial charge in [-0.25, -0.2) is 8.78 Å². The second-order valence-corrected chi connectivity index (χ2v) is 2.25. The lowest BCUT2D eigenvalue weighted by Crippen LogP contribution is -2.33. The summed E-state index contributed by atoms with van der Waals surface area (Å²) < 4.78 is 23.2. The van der Waals surface area contributed by atoms with Crippen molar-refractivity contribution in [3.8, 4) is 0 Å². The molecule has 0 aliphatic carbocycles. The number of carbonyl (C=O) groups is 1. The minimum atomic E-state index is -2.79. The molecule has 0 aromatic heterocycles. The van der Waals surface area contributed by atoms with E-state index < -0.39 is 18.5 Å². The second-order valence-electron chi connectivity index (χ2n) is 2.25. The average molecular weight is 183 g/mol. The van der Waals surface area contributed by atoms with Crippen molar-refractivity contribution in [2.24, 2.45) is 0 Å². The summed E-state index contributed by atoms with van der Waals surface area (Å²) in [5.41, 5.74) is 0. The van der Waals surface area contributed by atoms with Gasteiger partial charge < -0.3 is 15.5 Å². The lowest BCUT2D eigenvalue weighted by atomic mass is 10.3. The van der Waals surface area contributed by atoms with Gasteiger partial charge in [-0.1, -0.05) is 0 Å². The van der Waals surface area contributed by atoms with Crippen LogP contribution in [0.4, 0.5) is 8.78 Å². The monoisotopic (exact) mass is 183 g/mol. The molecule has 0 aliphatic heterocycles. The first kappa shape index (κ1) is 11.2. The lowest BCUT2D eigenvalue weighted by molar-refractivity contribution is -0.136. The standard InChI is InChI=1S/C6H11F2NO3/c7-6(8)4(10)3-9-2-1-5(11)12/h4,6,9-10H,1-3H2,(H,11,12). The fourth-order valence-corrected chi connectivity index (χ4v) is 0.534. The molecule has 1 atom stereocenters. The first-order chi connectivity index (χ1) is 5.54. The van der Waals surface area contributed by atoms with Crippen molar-refractivity contribution in [3.05, 3.63) is 0 Å². The van der Waals surface area contributed by atoms with E-state index >= 15 is 0 Å². The van der Waals surface area contributed by atoms with Crippen molar-refractivity contribution >= 4 is 5.97 Å². The molecule has 0 rings (SSSR count). The number of aliphatic hydroxyl groups excluding tert-OH is 1. The highest BCUT2D eigenvalue weighted by atomic mass is 19.3. The van der Waals surface area contributed by atoms with Crippen LogP contribution in [0, 0.1) is 0 Å². The van der Waals surface area contributed by atoms with Crippen molar-refractivity contribution in [3.63, 3.8) is 0 Å². The van der Waals surface area contributed by atoms with Gasteiger partial charge in [0.1, 0.15) is 6.10 Å². The Kier molecular flexibility index (Phi) is 5.48. The Morgan fingerprint density at radius 3 is 2.50 bits per heavy atom. The van der Waals surface area contributed by atoms with Gasteiger partial charge >= 0.3 is 5.97 Å². The van der Waals surface area contributed by atoms with E-state index in [1.54, 1.807) is 0 Å². The first-order valence-electron chi connectivity index (χ1n) is 3.42. The number of aliphatic hydroxyl groups is 1. The van der Waals surface area contributed by atoms with Gasteiger partial charge in [-0.05, 0) is 0 Å². The highest BCUT2D eigenvalue weighted by Crippen LogP contribution is 1.98. The molecule has 3 N–H and O–H groups in total. The van der Waals surface area contributed by atoms with Gasteiger partial charge in [-0.15, -0.1) is 0 Å². The van der Waals surface area contributed by atoms with Crippen molar-refractivity contribution in [2.75, 3.05) is 13.1 Å². The number of hydrogen-bond acceptors (Lipinski definition) is 3. The summed E-state index contributed by atoms with van der Waals surface area (Å²) in [5.74, 6) is -1.01. The van der Waals surface area contributed by atoms with Crippen LogP contribution in [0.2, 0.25) is 0 Å². The number of alkyl halides is 2. The van der Waals surface area contributed by atoms with Crippen molar-refractivity contribution in [2.45, 2.75) is 19.0 Å². The number of hydrogen-bond donors (Lipinski definition) is 3. The largest absolute Gasteiger partial charge is 0.481 e. The molecule has 0 radical (unpaired) electrons. The molecule has 72 valence electrons. The number of carboxylic acids is 1. The van der Waals surface area contributed by atoms with Gasteiger partial charge in [0.15, 0.2) is 0 Å². The molecular formula is C6H11F2NO3.